The highest BCUT2D eigenvalue weighted by Crippen LogP contribution is 2.47. The van der Waals surface area contributed by atoms with E-state index in [4.69, 9.17) is 24.2 Å². The number of nitrogens with one attached hydrogen (secondary N) is 2. The molecule has 2 unspecified atom stereocenters. The summed E-state index contributed by atoms with van der Waals surface area (Å²) in [6, 6.07) is 9.34. The molecule has 3 saturated heterocycles. The van der Waals surface area contributed by atoms with Crippen molar-refractivity contribution in [2.45, 2.75) is 94.0 Å². The fourth-order valence-corrected chi connectivity index (χ4v) is 7.99. The summed E-state index contributed by atoms with van der Waals surface area (Å²) in [5.41, 5.74) is 0.539. The molecule has 0 radical (unpaired) electrons. The number of carbonyl (C=O) groups excluding carboxylic acids is 3. The normalized spacial score (nSPS) is 29.2. The van der Waals surface area contributed by atoms with Crippen LogP contribution in [0.3, 0.4) is 0 Å². The third-order valence-corrected chi connectivity index (χ3v) is 10.9. The van der Waals surface area contributed by atoms with Crippen molar-refractivity contribution in [2.75, 3.05) is 19.8 Å². The van der Waals surface area contributed by atoms with Crippen LogP contribution in [0.2, 0.25) is 0 Å². The first-order chi connectivity index (χ1) is 23.8. The molecule has 4 aliphatic rings. The molecule has 260 valence electrons. The maximum atomic E-state index is 14.4. The minimum absolute atomic E-state index is 0.0303. The van der Waals surface area contributed by atoms with Crippen molar-refractivity contribution in [2.24, 2.45) is 5.92 Å². The SMILES string of the molecule is O=C(N[C@H]1CCCCCCCC2CC2(C(=O)O)NC(=O)[C@@H]2C[C@@H](Oc3nc4ccccc4nc3-c3cccs3)CN2C1=O)O[C@@H]1CCOC1. The quantitative estimate of drug-likeness (QED) is 0.339. The predicted octanol–water partition coefficient (Wildman–Crippen LogP) is 4.29. The molecule has 1 aromatic carbocycles. The Balaban J connectivity index is 1.18. The largest absolute Gasteiger partial charge is 0.479 e. The minimum Gasteiger partial charge on any atom is -0.479 e. The molecular formula is C35H41N5O8S. The molecule has 6 atom stereocenters. The van der Waals surface area contributed by atoms with Crippen molar-refractivity contribution in [1.82, 2.24) is 25.5 Å². The van der Waals surface area contributed by atoms with Crippen molar-refractivity contribution in [3.63, 3.8) is 0 Å². The first kappa shape index (κ1) is 33.2. The summed E-state index contributed by atoms with van der Waals surface area (Å²) >= 11 is 1.49. The molecule has 3 aliphatic heterocycles. The standard InChI is InChI=1S/C35H41N5O8S/c41-30-27-17-23(47-31-29(28-13-8-16-49-28)36-24-10-6-7-11-25(24)37-31)19-40(27)32(42)26(38-34(45)48-22-14-15-46-20-22)12-5-3-1-2-4-9-21-18-35(21,39-30)33(43)44/h6-8,10-11,13,16,21-23,26-27H,1-5,9,12,14-15,17-20H2,(H,38,45)(H,39,41)(H,43,44)/t21?,22-,23-,26+,27+,35?/m1/s1. The van der Waals surface area contributed by atoms with E-state index >= 15 is 0 Å². The number of rotatable bonds is 6. The number of aliphatic carboxylic acids is 1. The maximum absolute atomic E-state index is 14.4. The number of carboxylic acid groups (broad SMARTS) is 1. The zero-order valence-corrected chi connectivity index (χ0v) is 28.0. The topological polar surface area (TPSA) is 169 Å². The minimum atomic E-state index is -1.36. The van der Waals surface area contributed by atoms with Crippen LogP contribution in [-0.2, 0) is 23.9 Å². The molecule has 3 N–H and O–H groups in total. The predicted molar refractivity (Wildman–Crippen MR) is 179 cm³/mol. The Kier molecular flexibility index (Phi) is 9.68. The zero-order valence-electron chi connectivity index (χ0n) is 27.2. The Morgan fingerprint density at radius 3 is 2.51 bits per heavy atom. The number of amides is 3. The van der Waals surface area contributed by atoms with Gasteiger partial charge in [-0.15, -0.1) is 11.3 Å². The second kappa shape index (κ2) is 14.3. The van der Waals surface area contributed by atoms with Crippen LogP contribution in [0, 0.1) is 5.92 Å². The smallest absolute Gasteiger partial charge is 0.408 e. The second-order valence-electron chi connectivity index (χ2n) is 13.4. The van der Waals surface area contributed by atoms with E-state index in [9.17, 15) is 24.3 Å². The molecule has 3 amide bonds. The van der Waals surface area contributed by atoms with Crippen molar-refractivity contribution in [3.05, 3.63) is 41.8 Å². The number of nitrogens with zero attached hydrogens (tertiary/aromatic N) is 3. The van der Waals surface area contributed by atoms with Gasteiger partial charge in [0.15, 0.2) is 0 Å². The van der Waals surface area contributed by atoms with E-state index in [0.29, 0.717) is 62.0 Å². The number of ether oxygens (including phenoxy) is 3. The number of benzene rings is 1. The van der Waals surface area contributed by atoms with E-state index in [1.165, 1.54) is 16.2 Å². The molecule has 14 heteroatoms. The van der Waals surface area contributed by atoms with Crippen LogP contribution >= 0.6 is 11.3 Å². The monoisotopic (exact) mass is 691 g/mol. The van der Waals surface area contributed by atoms with Crippen molar-refractivity contribution in [1.29, 1.82) is 0 Å². The third kappa shape index (κ3) is 7.20. The molecule has 7 rings (SSSR count). The molecule has 49 heavy (non-hydrogen) atoms. The van der Waals surface area contributed by atoms with Crippen LogP contribution in [-0.4, -0.2) is 93.4 Å². The van der Waals surface area contributed by atoms with Gasteiger partial charge in [0.1, 0.15) is 35.5 Å². The molecule has 4 fully saturated rings. The lowest BCUT2D eigenvalue weighted by atomic mass is 10.0. The van der Waals surface area contributed by atoms with Crippen LogP contribution in [0.5, 0.6) is 5.88 Å². The van der Waals surface area contributed by atoms with Gasteiger partial charge in [0.2, 0.25) is 17.7 Å². The number of aromatic nitrogens is 2. The van der Waals surface area contributed by atoms with Crippen LogP contribution in [0.1, 0.15) is 64.2 Å². The Morgan fingerprint density at radius 1 is 1.00 bits per heavy atom. The fourth-order valence-electron chi connectivity index (χ4n) is 7.28. The summed E-state index contributed by atoms with van der Waals surface area (Å²) in [6.07, 6.45) is 4.60. The molecular weight excluding hydrogens is 650 g/mol. The first-order valence-corrected chi connectivity index (χ1v) is 18.1. The van der Waals surface area contributed by atoms with Gasteiger partial charge in [-0.3, -0.25) is 9.59 Å². The van der Waals surface area contributed by atoms with Crippen molar-refractivity contribution >= 4 is 46.2 Å². The Morgan fingerprint density at radius 2 is 1.78 bits per heavy atom. The van der Waals surface area contributed by atoms with Gasteiger partial charge < -0.3 is 34.9 Å². The van der Waals surface area contributed by atoms with E-state index in [2.05, 4.69) is 10.6 Å². The molecule has 1 saturated carbocycles. The summed E-state index contributed by atoms with van der Waals surface area (Å²) in [5.74, 6) is -1.94. The third-order valence-electron chi connectivity index (χ3n) is 10.1. The molecule has 5 heterocycles. The number of carboxylic acids is 1. The molecule has 2 aromatic heterocycles. The summed E-state index contributed by atoms with van der Waals surface area (Å²) in [7, 11) is 0. The van der Waals surface area contributed by atoms with Gasteiger partial charge in [-0.1, -0.05) is 50.3 Å². The fraction of sp³-hybridized carbons (Fsp3) is 0.543. The van der Waals surface area contributed by atoms with E-state index in [-0.39, 0.29) is 30.9 Å². The Bertz CT molecular complexity index is 1700. The molecule has 0 bridgehead atoms. The van der Waals surface area contributed by atoms with E-state index in [1.54, 1.807) is 0 Å². The van der Waals surface area contributed by atoms with Crippen LogP contribution in [0.25, 0.3) is 21.6 Å². The number of hydrogen-bond acceptors (Lipinski definition) is 10. The molecule has 1 aliphatic carbocycles. The number of hydrogen-bond donors (Lipinski definition) is 3. The average molecular weight is 692 g/mol. The zero-order chi connectivity index (χ0) is 34.0. The summed E-state index contributed by atoms with van der Waals surface area (Å²) in [6.45, 7) is 0.833. The summed E-state index contributed by atoms with van der Waals surface area (Å²) in [4.78, 5) is 65.8. The highest BCUT2D eigenvalue weighted by atomic mass is 32.1. The first-order valence-electron chi connectivity index (χ1n) is 17.2. The lowest BCUT2D eigenvalue weighted by molar-refractivity contribution is -0.146. The van der Waals surface area contributed by atoms with E-state index in [1.807, 2.05) is 41.8 Å². The summed E-state index contributed by atoms with van der Waals surface area (Å²) < 4.78 is 17.4. The molecule has 13 nitrogen and oxygen atoms in total. The van der Waals surface area contributed by atoms with Gasteiger partial charge in [-0.2, -0.15) is 0 Å². The van der Waals surface area contributed by atoms with Gasteiger partial charge in [-0.25, -0.2) is 19.6 Å². The van der Waals surface area contributed by atoms with E-state index < -0.39 is 47.6 Å². The van der Waals surface area contributed by atoms with E-state index in [0.717, 1.165) is 30.6 Å². The maximum Gasteiger partial charge on any atom is 0.408 e. The molecule has 3 aromatic rings. The van der Waals surface area contributed by atoms with Crippen molar-refractivity contribution in [3.8, 4) is 16.5 Å². The van der Waals surface area contributed by atoms with Gasteiger partial charge in [-0.05, 0) is 48.8 Å². The second-order valence-corrected chi connectivity index (χ2v) is 14.4. The van der Waals surface area contributed by atoms with Gasteiger partial charge >= 0.3 is 12.1 Å². The number of carbonyl (C=O) groups is 4. The lowest BCUT2D eigenvalue weighted by Gasteiger charge is -2.29. The summed E-state index contributed by atoms with van der Waals surface area (Å²) in [5, 5.41) is 17.8. The van der Waals surface area contributed by atoms with Crippen LogP contribution < -0.4 is 15.4 Å². The van der Waals surface area contributed by atoms with Crippen LogP contribution in [0.4, 0.5) is 4.79 Å². The Hall–Kier alpha value is -4.30. The Labute approximate surface area is 287 Å². The number of thiophene rings is 1. The number of alkyl carbamates (subject to hydrolysis) is 1. The van der Waals surface area contributed by atoms with Crippen LogP contribution in [0.15, 0.2) is 41.8 Å². The highest BCUT2D eigenvalue weighted by molar-refractivity contribution is 7.13. The van der Waals surface area contributed by atoms with Gasteiger partial charge in [0.25, 0.3) is 0 Å². The lowest BCUT2D eigenvalue weighted by Crippen LogP contribution is -2.56. The van der Waals surface area contributed by atoms with Gasteiger partial charge in [0, 0.05) is 12.8 Å². The van der Waals surface area contributed by atoms with Crippen molar-refractivity contribution < 1.29 is 38.5 Å². The van der Waals surface area contributed by atoms with Gasteiger partial charge in [0.05, 0.1) is 35.7 Å². The number of fused-ring (bicyclic) bond motifs is 3. The molecule has 0 spiro atoms. The number of para-hydroxylation sites is 2. The average Bonchev–Trinajstić information content (AvgIpc) is 3.58. The highest BCUT2D eigenvalue weighted by Gasteiger charge is 2.62.